The van der Waals surface area contributed by atoms with Crippen molar-refractivity contribution < 1.29 is 9.59 Å². The Morgan fingerprint density at radius 2 is 1.42 bits per heavy atom. The molecule has 0 spiro atoms. The molecule has 0 aliphatic carbocycles. The molecule has 0 bridgehead atoms. The first-order valence-electron chi connectivity index (χ1n) is 10.5. The Bertz CT molecular complexity index is 1180. The number of aryl methyl sites for hydroxylation is 3. The second kappa shape index (κ2) is 8.23. The number of rotatable bonds is 5. The number of carbonyl (C=O) groups is 2. The highest BCUT2D eigenvalue weighted by Crippen LogP contribution is 2.38. The van der Waals surface area contributed by atoms with Crippen LogP contribution in [0.4, 0.5) is 11.4 Å². The molecule has 1 aliphatic heterocycles. The summed E-state index contributed by atoms with van der Waals surface area (Å²) in [4.78, 5) is 30.8. The summed E-state index contributed by atoms with van der Waals surface area (Å²) in [5.41, 5.74) is 6.12. The Morgan fingerprint density at radius 1 is 0.774 bits per heavy atom. The van der Waals surface area contributed by atoms with Crippen LogP contribution in [0.3, 0.4) is 0 Å². The fourth-order valence-corrected chi connectivity index (χ4v) is 4.01. The van der Waals surface area contributed by atoms with Crippen LogP contribution >= 0.6 is 0 Å². The first-order valence-corrected chi connectivity index (χ1v) is 10.5. The third-order valence-electron chi connectivity index (χ3n) is 5.66. The maximum atomic E-state index is 13.8. The number of imide groups is 1. The zero-order valence-corrected chi connectivity index (χ0v) is 18.3. The molecule has 0 fully saturated rings. The van der Waals surface area contributed by atoms with Crippen molar-refractivity contribution in [1.82, 2.24) is 0 Å². The topological polar surface area (TPSA) is 40.6 Å². The summed E-state index contributed by atoms with van der Waals surface area (Å²) in [7, 11) is 0. The average Bonchev–Trinajstić information content (AvgIpc) is 3.02. The summed E-state index contributed by atoms with van der Waals surface area (Å²) in [6, 6.07) is 23.4. The molecule has 156 valence electrons. The van der Waals surface area contributed by atoms with Crippen LogP contribution in [0.25, 0.3) is 5.57 Å². The molecule has 0 saturated heterocycles. The molecule has 1 aliphatic rings. The van der Waals surface area contributed by atoms with E-state index in [1.165, 1.54) is 4.90 Å². The van der Waals surface area contributed by atoms with Gasteiger partial charge in [-0.3, -0.25) is 9.59 Å². The van der Waals surface area contributed by atoms with E-state index in [9.17, 15) is 9.59 Å². The summed E-state index contributed by atoms with van der Waals surface area (Å²) >= 11 is 0. The molecule has 0 saturated carbocycles. The number of para-hydroxylation sites is 1. The molecule has 0 radical (unpaired) electrons. The molecule has 0 N–H and O–H groups in total. The van der Waals surface area contributed by atoms with Gasteiger partial charge in [0.05, 0.1) is 11.3 Å². The SMILES string of the molecule is CCN(C1=C(c2ccc(C)cc2)C(=O)N(c2cc(C)ccc2C)C1=O)c1ccccc1. The number of likely N-dealkylation sites (N-methyl/N-ethyl adjacent to an activating group) is 1. The van der Waals surface area contributed by atoms with E-state index in [1.807, 2.05) is 105 Å². The first-order chi connectivity index (χ1) is 14.9. The quantitative estimate of drug-likeness (QED) is 0.527. The van der Waals surface area contributed by atoms with Gasteiger partial charge in [0.25, 0.3) is 11.8 Å². The maximum Gasteiger partial charge on any atom is 0.282 e. The number of benzene rings is 3. The summed E-state index contributed by atoms with van der Waals surface area (Å²) in [5, 5.41) is 0. The summed E-state index contributed by atoms with van der Waals surface area (Å²) in [6.07, 6.45) is 0. The van der Waals surface area contributed by atoms with Crippen LogP contribution in [0, 0.1) is 20.8 Å². The molecular weight excluding hydrogens is 384 g/mol. The van der Waals surface area contributed by atoms with Gasteiger partial charge in [-0.05, 0) is 62.6 Å². The number of nitrogens with zero attached hydrogens (tertiary/aromatic N) is 2. The Balaban J connectivity index is 1.93. The van der Waals surface area contributed by atoms with Crippen molar-refractivity contribution in [2.24, 2.45) is 0 Å². The minimum absolute atomic E-state index is 0.285. The van der Waals surface area contributed by atoms with Crippen LogP contribution in [0.5, 0.6) is 0 Å². The lowest BCUT2D eigenvalue weighted by Gasteiger charge is -2.25. The molecule has 31 heavy (non-hydrogen) atoms. The molecule has 1 heterocycles. The molecule has 4 nitrogen and oxygen atoms in total. The molecule has 0 atom stereocenters. The summed E-state index contributed by atoms with van der Waals surface area (Å²) in [5.74, 6) is -0.577. The van der Waals surface area contributed by atoms with Crippen molar-refractivity contribution in [2.75, 3.05) is 16.3 Å². The van der Waals surface area contributed by atoms with Crippen LogP contribution in [0.2, 0.25) is 0 Å². The van der Waals surface area contributed by atoms with Gasteiger partial charge in [0.1, 0.15) is 5.70 Å². The molecule has 2 amide bonds. The van der Waals surface area contributed by atoms with Crippen molar-refractivity contribution in [2.45, 2.75) is 27.7 Å². The van der Waals surface area contributed by atoms with Gasteiger partial charge in [-0.1, -0.05) is 60.2 Å². The number of hydrogen-bond acceptors (Lipinski definition) is 3. The highest BCUT2D eigenvalue weighted by atomic mass is 16.2. The van der Waals surface area contributed by atoms with Gasteiger partial charge in [0.2, 0.25) is 0 Å². The lowest BCUT2D eigenvalue weighted by atomic mass is 10.0. The predicted octanol–water partition coefficient (Wildman–Crippen LogP) is 5.42. The van der Waals surface area contributed by atoms with Gasteiger partial charge in [-0.15, -0.1) is 0 Å². The van der Waals surface area contributed by atoms with Crippen LogP contribution in [-0.2, 0) is 9.59 Å². The van der Waals surface area contributed by atoms with Crippen molar-refractivity contribution in [3.8, 4) is 0 Å². The van der Waals surface area contributed by atoms with E-state index in [0.29, 0.717) is 23.5 Å². The fourth-order valence-electron chi connectivity index (χ4n) is 4.01. The lowest BCUT2D eigenvalue weighted by molar-refractivity contribution is -0.120. The van der Waals surface area contributed by atoms with Gasteiger partial charge in [0, 0.05) is 12.2 Å². The Labute approximate surface area is 183 Å². The van der Waals surface area contributed by atoms with Crippen molar-refractivity contribution in [3.05, 3.63) is 101 Å². The van der Waals surface area contributed by atoms with Crippen molar-refractivity contribution in [3.63, 3.8) is 0 Å². The smallest absolute Gasteiger partial charge is 0.282 e. The number of anilines is 2. The molecule has 3 aromatic rings. The zero-order valence-electron chi connectivity index (χ0n) is 18.3. The van der Waals surface area contributed by atoms with Crippen molar-refractivity contribution in [1.29, 1.82) is 0 Å². The Morgan fingerprint density at radius 3 is 2.06 bits per heavy atom. The number of hydrogen-bond donors (Lipinski definition) is 0. The van der Waals surface area contributed by atoms with E-state index in [4.69, 9.17) is 0 Å². The molecule has 0 unspecified atom stereocenters. The standard InChI is InChI=1S/C27H26N2O2/c1-5-28(22-9-7-6-8-10-22)25-24(21-15-12-18(2)13-16-21)26(30)29(27(25)31)23-17-19(3)11-14-20(23)4/h6-17H,5H2,1-4H3. The van der Waals surface area contributed by atoms with Crippen LogP contribution < -0.4 is 9.80 Å². The monoisotopic (exact) mass is 410 g/mol. The van der Waals surface area contributed by atoms with E-state index in [-0.39, 0.29) is 11.8 Å². The molecule has 4 rings (SSSR count). The van der Waals surface area contributed by atoms with E-state index in [1.54, 1.807) is 0 Å². The van der Waals surface area contributed by atoms with E-state index < -0.39 is 0 Å². The van der Waals surface area contributed by atoms with E-state index in [2.05, 4.69) is 0 Å². The third kappa shape index (κ3) is 3.66. The second-order valence-electron chi connectivity index (χ2n) is 7.91. The van der Waals surface area contributed by atoms with Crippen LogP contribution in [0.15, 0.2) is 78.5 Å². The van der Waals surface area contributed by atoms with Gasteiger partial charge in [-0.25, -0.2) is 4.90 Å². The van der Waals surface area contributed by atoms with Gasteiger partial charge in [-0.2, -0.15) is 0 Å². The zero-order chi connectivity index (χ0) is 22.1. The Kier molecular flexibility index (Phi) is 5.47. The first kappa shape index (κ1) is 20.6. The molecule has 0 aromatic heterocycles. The third-order valence-corrected chi connectivity index (χ3v) is 5.66. The molecule has 3 aromatic carbocycles. The summed E-state index contributed by atoms with van der Waals surface area (Å²) < 4.78 is 0. The van der Waals surface area contributed by atoms with E-state index >= 15 is 0 Å². The van der Waals surface area contributed by atoms with Crippen molar-refractivity contribution >= 4 is 28.8 Å². The number of carbonyl (C=O) groups excluding carboxylic acids is 2. The second-order valence-corrected chi connectivity index (χ2v) is 7.91. The highest BCUT2D eigenvalue weighted by molar-refractivity contribution is 6.46. The van der Waals surface area contributed by atoms with Gasteiger partial charge < -0.3 is 4.90 Å². The minimum Gasteiger partial charge on any atom is -0.337 e. The molecular formula is C27H26N2O2. The predicted molar refractivity (Wildman–Crippen MR) is 126 cm³/mol. The Hall–Kier alpha value is -3.66. The van der Waals surface area contributed by atoms with Crippen LogP contribution in [-0.4, -0.2) is 18.4 Å². The highest BCUT2D eigenvalue weighted by Gasteiger charge is 2.43. The van der Waals surface area contributed by atoms with E-state index in [0.717, 1.165) is 27.9 Å². The minimum atomic E-state index is -0.292. The normalized spacial score (nSPS) is 13.9. The molecule has 4 heteroatoms. The van der Waals surface area contributed by atoms with Gasteiger partial charge >= 0.3 is 0 Å². The lowest BCUT2D eigenvalue weighted by Crippen LogP contribution is -2.35. The maximum absolute atomic E-state index is 13.8. The van der Waals surface area contributed by atoms with Gasteiger partial charge in [0.15, 0.2) is 0 Å². The summed E-state index contributed by atoms with van der Waals surface area (Å²) in [6.45, 7) is 8.45. The van der Waals surface area contributed by atoms with Crippen LogP contribution in [0.1, 0.15) is 29.2 Å². The number of amides is 2. The largest absolute Gasteiger partial charge is 0.337 e. The fraction of sp³-hybridized carbons (Fsp3) is 0.185. The average molecular weight is 411 g/mol.